The predicted octanol–water partition coefficient (Wildman–Crippen LogP) is 3.19. The maximum absolute atomic E-state index is 12.4. The van der Waals surface area contributed by atoms with Crippen molar-refractivity contribution in [3.8, 4) is 0 Å². The summed E-state index contributed by atoms with van der Waals surface area (Å²) < 4.78 is 0. The van der Waals surface area contributed by atoms with Gasteiger partial charge in [-0.15, -0.1) is 0 Å². The summed E-state index contributed by atoms with van der Waals surface area (Å²) in [5, 5.41) is 0. The van der Waals surface area contributed by atoms with E-state index in [1.807, 2.05) is 48.5 Å². The zero-order valence-electron chi connectivity index (χ0n) is 12.4. The zero-order valence-corrected chi connectivity index (χ0v) is 12.4. The Morgan fingerprint density at radius 2 is 1.45 bits per heavy atom. The Bertz CT molecular complexity index is 652. The molecule has 0 saturated carbocycles. The number of likely N-dealkylation sites (tertiary alicyclic amines) is 1. The largest absolute Gasteiger partial charge is 0.278 e. The second-order valence-electron chi connectivity index (χ2n) is 5.73. The number of hydrogen-bond acceptors (Lipinski definition) is 2. The molecule has 0 bridgehead atoms. The summed E-state index contributed by atoms with van der Waals surface area (Å²) in [5.74, 6) is -0.242. The average molecular weight is 293 g/mol. The van der Waals surface area contributed by atoms with Gasteiger partial charge in [-0.05, 0) is 24.0 Å². The third-order valence-corrected chi connectivity index (χ3v) is 4.15. The molecule has 0 aromatic heterocycles. The first-order chi connectivity index (χ1) is 10.7. The molecule has 0 unspecified atom stereocenters. The van der Waals surface area contributed by atoms with Gasteiger partial charge in [0.1, 0.15) is 0 Å². The van der Waals surface area contributed by atoms with E-state index in [1.54, 1.807) is 0 Å². The fourth-order valence-electron chi connectivity index (χ4n) is 2.89. The van der Waals surface area contributed by atoms with Gasteiger partial charge in [-0.25, -0.2) is 0 Å². The van der Waals surface area contributed by atoms with Gasteiger partial charge in [0.2, 0.25) is 11.8 Å². The smallest absolute Gasteiger partial charge is 0.233 e. The number of carbonyl (C=O) groups is 2. The molecule has 1 heterocycles. The fourth-order valence-corrected chi connectivity index (χ4v) is 2.89. The molecule has 0 N–H and O–H groups in total. The summed E-state index contributed by atoms with van der Waals surface area (Å²) in [5.41, 5.74) is 2.21. The summed E-state index contributed by atoms with van der Waals surface area (Å²) in [6, 6.07) is 19.8. The molecule has 2 amide bonds. The maximum atomic E-state index is 12.4. The summed E-state index contributed by atoms with van der Waals surface area (Å²) >= 11 is 0. The normalized spacial score (nSPS) is 18.0. The molecular formula is C19H19NO2. The van der Waals surface area contributed by atoms with E-state index in [1.165, 1.54) is 10.5 Å². The Morgan fingerprint density at radius 3 is 2.09 bits per heavy atom. The number of imide groups is 1. The number of rotatable bonds is 5. The Hall–Kier alpha value is -2.42. The molecule has 3 rings (SSSR count). The summed E-state index contributed by atoms with van der Waals surface area (Å²) in [6.07, 6.45) is 1.92. The molecule has 0 radical (unpaired) electrons. The molecule has 3 heteroatoms. The third-order valence-electron chi connectivity index (χ3n) is 4.15. The highest BCUT2D eigenvalue weighted by molar-refractivity contribution is 6.03. The fraction of sp³-hybridized carbons (Fsp3) is 0.263. The first-order valence-electron chi connectivity index (χ1n) is 7.66. The SMILES string of the molecule is O=C1C[C@@H](CCc2ccccc2)C(=O)N1Cc1ccccc1. The quantitative estimate of drug-likeness (QED) is 0.794. The highest BCUT2D eigenvalue weighted by Crippen LogP contribution is 2.25. The molecule has 0 aliphatic carbocycles. The molecule has 2 aromatic rings. The van der Waals surface area contributed by atoms with Gasteiger partial charge in [-0.1, -0.05) is 60.7 Å². The average Bonchev–Trinajstić information content (AvgIpc) is 2.82. The van der Waals surface area contributed by atoms with E-state index in [4.69, 9.17) is 0 Å². The Balaban J connectivity index is 1.61. The third kappa shape index (κ3) is 3.25. The lowest BCUT2D eigenvalue weighted by atomic mass is 9.98. The van der Waals surface area contributed by atoms with Crippen molar-refractivity contribution in [1.29, 1.82) is 0 Å². The van der Waals surface area contributed by atoms with Crippen LogP contribution in [0.1, 0.15) is 24.0 Å². The lowest BCUT2D eigenvalue weighted by Crippen LogP contribution is -2.30. The van der Waals surface area contributed by atoms with Crippen molar-refractivity contribution in [2.75, 3.05) is 0 Å². The number of aryl methyl sites for hydroxylation is 1. The molecule has 112 valence electrons. The number of nitrogens with zero attached hydrogens (tertiary/aromatic N) is 1. The van der Waals surface area contributed by atoms with Gasteiger partial charge in [0, 0.05) is 12.3 Å². The van der Waals surface area contributed by atoms with Crippen molar-refractivity contribution >= 4 is 11.8 Å². The maximum Gasteiger partial charge on any atom is 0.233 e. The van der Waals surface area contributed by atoms with Gasteiger partial charge in [0.15, 0.2) is 0 Å². The Labute approximate surface area is 130 Å². The molecule has 0 spiro atoms. The minimum Gasteiger partial charge on any atom is -0.278 e. The topological polar surface area (TPSA) is 37.4 Å². The standard InChI is InChI=1S/C19H19NO2/c21-18-13-17(12-11-15-7-3-1-4-8-15)19(22)20(18)14-16-9-5-2-6-10-16/h1-10,17H,11-14H2/t17-/m1/s1. The molecule has 1 aliphatic rings. The van der Waals surface area contributed by atoms with Gasteiger partial charge < -0.3 is 0 Å². The van der Waals surface area contributed by atoms with Crippen LogP contribution < -0.4 is 0 Å². The monoisotopic (exact) mass is 293 g/mol. The number of hydrogen-bond donors (Lipinski definition) is 0. The molecule has 3 nitrogen and oxygen atoms in total. The van der Waals surface area contributed by atoms with E-state index in [9.17, 15) is 9.59 Å². The van der Waals surface area contributed by atoms with Crippen molar-refractivity contribution in [1.82, 2.24) is 4.90 Å². The zero-order chi connectivity index (χ0) is 15.4. The van der Waals surface area contributed by atoms with Crippen molar-refractivity contribution in [2.45, 2.75) is 25.8 Å². The lowest BCUT2D eigenvalue weighted by Gasteiger charge is -2.15. The van der Waals surface area contributed by atoms with Crippen LogP contribution in [0.3, 0.4) is 0 Å². The lowest BCUT2D eigenvalue weighted by molar-refractivity contribution is -0.140. The van der Waals surface area contributed by atoms with Gasteiger partial charge >= 0.3 is 0 Å². The number of carbonyl (C=O) groups excluding carboxylic acids is 2. The van der Waals surface area contributed by atoms with E-state index >= 15 is 0 Å². The molecule has 2 aromatic carbocycles. The summed E-state index contributed by atoms with van der Waals surface area (Å²) in [4.78, 5) is 26.0. The van der Waals surface area contributed by atoms with E-state index < -0.39 is 0 Å². The number of amides is 2. The minimum atomic E-state index is -0.170. The van der Waals surface area contributed by atoms with Gasteiger partial charge in [-0.3, -0.25) is 14.5 Å². The van der Waals surface area contributed by atoms with Crippen LogP contribution >= 0.6 is 0 Å². The highest BCUT2D eigenvalue weighted by Gasteiger charge is 2.37. The van der Waals surface area contributed by atoms with Crippen LogP contribution in [0.2, 0.25) is 0 Å². The van der Waals surface area contributed by atoms with Crippen LogP contribution in [-0.4, -0.2) is 16.7 Å². The minimum absolute atomic E-state index is 0.0233. The number of benzene rings is 2. The van der Waals surface area contributed by atoms with E-state index in [-0.39, 0.29) is 17.7 Å². The van der Waals surface area contributed by atoms with Crippen molar-refractivity contribution < 1.29 is 9.59 Å². The van der Waals surface area contributed by atoms with E-state index in [0.29, 0.717) is 13.0 Å². The van der Waals surface area contributed by atoms with Crippen LogP contribution in [0.15, 0.2) is 60.7 Å². The second kappa shape index (κ2) is 6.56. The van der Waals surface area contributed by atoms with Crippen LogP contribution in [0.5, 0.6) is 0 Å². The van der Waals surface area contributed by atoms with Crippen LogP contribution in [0.4, 0.5) is 0 Å². The van der Waals surface area contributed by atoms with Crippen LogP contribution in [0, 0.1) is 5.92 Å². The Kier molecular flexibility index (Phi) is 4.33. The van der Waals surface area contributed by atoms with Gasteiger partial charge in [-0.2, -0.15) is 0 Å². The molecule has 1 atom stereocenters. The predicted molar refractivity (Wildman–Crippen MR) is 84.9 cm³/mol. The molecule has 1 aliphatic heterocycles. The van der Waals surface area contributed by atoms with E-state index in [2.05, 4.69) is 12.1 Å². The first kappa shape index (κ1) is 14.5. The van der Waals surface area contributed by atoms with Gasteiger partial charge in [0.05, 0.1) is 6.54 Å². The summed E-state index contributed by atoms with van der Waals surface area (Å²) in [7, 11) is 0. The molecular weight excluding hydrogens is 274 g/mol. The second-order valence-corrected chi connectivity index (χ2v) is 5.73. The van der Waals surface area contributed by atoms with E-state index in [0.717, 1.165) is 18.4 Å². The van der Waals surface area contributed by atoms with Crippen LogP contribution in [0.25, 0.3) is 0 Å². The molecule has 1 saturated heterocycles. The van der Waals surface area contributed by atoms with Crippen molar-refractivity contribution in [2.24, 2.45) is 5.92 Å². The van der Waals surface area contributed by atoms with Crippen LogP contribution in [-0.2, 0) is 22.6 Å². The highest BCUT2D eigenvalue weighted by atomic mass is 16.2. The van der Waals surface area contributed by atoms with Gasteiger partial charge in [0.25, 0.3) is 0 Å². The summed E-state index contributed by atoms with van der Waals surface area (Å²) in [6.45, 7) is 0.389. The van der Waals surface area contributed by atoms with Crippen molar-refractivity contribution in [3.05, 3.63) is 71.8 Å². The Morgan fingerprint density at radius 1 is 0.864 bits per heavy atom. The molecule has 1 fully saturated rings. The first-order valence-corrected chi connectivity index (χ1v) is 7.66. The van der Waals surface area contributed by atoms with Crippen molar-refractivity contribution in [3.63, 3.8) is 0 Å². The molecule has 22 heavy (non-hydrogen) atoms.